The van der Waals surface area contributed by atoms with Gasteiger partial charge in [-0.3, -0.25) is 0 Å². The average Bonchev–Trinajstić information content (AvgIpc) is 2.88. The summed E-state index contributed by atoms with van der Waals surface area (Å²) in [7, 11) is 0. The van der Waals surface area contributed by atoms with Crippen LogP contribution >= 0.6 is 0 Å². The summed E-state index contributed by atoms with van der Waals surface area (Å²) < 4.78 is 0. The molecule has 0 amide bonds. The van der Waals surface area contributed by atoms with Crippen LogP contribution in [-0.4, -0.2) is 26.2 Å². The first-order valence-electron chi connectivity index (χ1n) is 7.56. The van der Waals surface area contributed by atoms with Crippen molar-refractivity contribution in [3.8, 4) is 0 Å². The Morgan fingerprint density at radius 3 is 2.89 bits per heavy atom. The van der Waals surface area contributed by atoms with Gasteiger partial charge in [0.1, 0.15) is 0 Å². The van der Waals surface area contributed by atoms with Crippen LogP contribution in [0.2, 0.25) is 0 Å². The normalized spacial score (nSPS) is 19.8. The van der Waals surface area contributed by atoms with Gasteiger partial charge in [-0.1, -0.05) is 43.7 Å². The predicted molar refractivity (Wildman–Crippen MR) is 82.7 cm³/mol. The van der Waals surface area contributed by atoms with Crippen LogP contribution in [0.15, 0.2) is 24.3 Å². The summed E-state index contributed by atoms with van der Waals surface area (Å²) in [4.78, 5) is 0. The summed E-state index contributed by atoms with van der Waals surface area (Å²) in [6.07, 6.45) is 2.65. The molecule has 1 aromatic rings. The zero-order valence-corrected chi connectivity index (χ0v) is 12.6. The topological polar surface area (TPSA) is 24.1 Å². The highest BCUT2D eigenvalue weighted by molar-refractivity contribution is 5.28. The Morgan fingerprint density at radius 2 is 2.21 bits per heavy atom. The molecule has 2 rings (SSSR count). The number of nitrogens with one attached hydrogen (secondary N) is 2. The number of rotatable bonds is 6. The third-order valence-corrected chi connectivity index (χ3v) is 4.26. The van der Waals surface area contributed by atoms with Gasteiger partial charge in [0.05, 0.1) is 0 Å². The number of hydrogen-bond donors (Lipinski definition) is 2. The third kappa shape index (κ3) is 4.32. The molecular formula is C17H28N2. The van der Waals surface area contributed by atoms with Crippen molar-refractivity contribution in [2.75, 3.05) is 26.2 Å². The van der Waals surface area contributed by atoms with E-state index in [0.717, 1.165) is 19.0 Å². The number of hydrogen-bond acceptors (Lipinski definition) is 2. The van der Waals surface area contributed by atoms with E-state index in [0.29, 0.717) is 0 Å². The molecule has 2 nitrogen and oxygen atoms in total. The molecule has 1 unspecified atom stereocenters. The van der Waals surface area contributed by atoms with Gasteiger partial charge in [-0.15, -0.1) is 0 Å². The first-order chi connectivity index (χ1) is 9.08. The molecule has 1 fully saturated rings. The highest BCUT2D eigenvalue weighted by Crippen LogP contribution is 2.23. The van der Waals surface area contributed by atoms with Gasteiger partial charge in [-0.05, 0) is 50.9 Å². The Bertz CT molecular complexity index is 392. The van der Waals surface area contributed by atoms with E-state index in [2.05, 4.69) is 55.7 Å². The molecule has 1 heterocycles. The van der Waals surface area contributed by atoms with Gasteiger partial charge in [0, 0.05) is 12.0 Å². The van der Waals surface area contributed by atoms with E-state index in [4.69, 9.17) is 0 Å². The number of aryl methyl sites for hydroxylation is 1. The van der Waals surface area contributed by atoms with Crippen molar-refractivity contribution in [3.05, 3.63) is 35.4 Å². The van der Waals surface area contributed by atoms with Crippen LogP contribution in [0.3, 0.4) is 0 Å². The molecule has 0 radical (unpaired) electrons. The molecule has 106 valence electrons. The Morgan fingerprint density at radius 1 is 1.37 bits per heavy atom. The standard InChI is InChI=1S/C17H28N2/c1-14-5-4-6-16(11-14)17(2,3)13-19-10-8-15-7-9-18-12-15/h4-6,11,15,18-19H,7-10,12-13H2,1-3H3. The van der Waals surface area contributed by atoms with E-state index in [1.54, 1.807) is 0 Å². The minimum absolute atomic E-state index is 0.208. The first-order valence-corrected chi connectivity index (χ1v) is 7.56. The Labute approximate surface area is 118 Å². The van der Waals surface area contributed by atoms with Gasteiger partial charge in [0.15, 0.2) is 0 Å². The third-order valence-electron chi connectivity index (χ3n) is 4.26. The fraction of sp³-hybridized carbons (Fsp3) is 0.647. The molecule has 1 aliphatic heterocycles. The second-order valence-electron chi connectivity index (χ2n) is 6.58. The molecule has 19 heavy (non-hydrogen) atoms. The van der Waals surface area contributed by atoms with E-state index in [-0.39, 0.29) is 5.41 Å². The van der Waals surface area contributed by atoms with Crippen LogP contribution in [0.1, 0.15) is 37.8 Å². The molecule has 2 heteroatoms. The van der Waals surface area contributed by atoms with Crippen molar-refractivity contribution in [3.63, 3.8) is 0 Å². The van der Waals surface area contributed by atoms with Crippen LogP contribution < -0.4 is 10.6 Å². The summed E-state index contributed by atoms with van der Waals surface area (Å²) >= 11 is 0. The van der Waals surface area contributed by atoms with E-state index < -0.39 is 0 Å². The van der Waals surface area contributed by atoms with E-state index >= 15 is 0 Å². The van der Waals surface area contributed by atoms with Crippen LogP contribution in [0.25, 0.3) is 0 Å². The van der Waals surface area contributed by atoms with E-state index in [1.165, 1.54) is 37.1 Å². The van der Waals surface area contributed by atoms with Crippen molar-refractivity contribution in [2.45, 2.75) is 39.0 Å². The van der Waals surface area contributed by atoms with Crippen molar-refractivity contribution in [2.24, 2.45) is 5.92 Å². The molecular weight excluding hydrogens is 232 g/mol. The second-order valence-corrected chi connectivity index (χ2v) is 6.58. The lowest BCUT2D eigenvalue weighted by atomic mass is 9.84. The Balaban J connectivity index is 1.77. The van der Waals surface area contributed by atoms with Crippen LogP contribution in [0.5, 0.6) is 0 Å². The van der Waals surface area contributed by atoms with Gasteiger partial charge in [0.25, 0.3) is 0 Å². The molecule has 1 aliphatic rings. The summed E-state index contributed by atoms with van der Waals surface area (Å²) in [5, 5.41) is 7.08. The van der Waals surface area contributed by atoms with Crippen molar-refractivity contribution < 1.29 is 0 Å². The average molecular weight is 260 g/mol. The van der Waals surface area contributed by atoms with Gasteiger partial charge in [-0.25, -0.2) is 0 Å². The van der Waals surface area contributed by atoms with Crippen LogP contribution in [-0.2, 0) is 5.41 Å². The lowest BCUT2D eigenvalue weighted by Gasteiger charge is -2.26. The maximum atomic E-state index is 3.64. The zero-order valence-electron chi connectivity index (χ0n) is 12.6. The largest absolute Gasteiger partial charge is 0.316 e. The highest BCUT2D eigenvalue weighted by Gasteiger charge is 2.20. The summed E-state index contributed by atoms with van der Waals surface area (Å²) in [6.45, 7) is 11.4. The quantitative estimate of drug-likeness (QED) is 0.769. The van der Waals surface area contributed by atoms with Gasteiger partial charge in [-0.2, -0.15) is 0 Å². The van der Waals surface area contributed by atoms with Gasteiger partial charge in [0.2, 0.25) is 0 Å². The fourth-order valence-corrected chi connectivity index (χ4v) is 2.84. The Hall–Kier alpha value is -0.860. The molecule has 2 N–H and O–H groups in total. The maximum Gasteiger partial charge on any atom is 0.00431 e. The lowest BCUT2D eigenvalue weighted by molar-refractivity contribution is 0.437. The minimum atomic E-state index is 0.208. The smallest absolute Gasteiger partial charge is 0.00431 e. The fourth-order valence-electron chi connectivity index (χ4n) is 2.84. The maximum absolute atomic E-state index is 3.64. The molecule has 0 saturated carbocycles. The SMILES string of the molecule is Cc1cccc(C(C)(C)CNCCC2CCNC2)c1. The molecule has 0 bridgehead atoms. The second kappa shape index (κ2) is 6.53. The highest BCUT2D eigenvalue weighted by atomic mass is 14.9. The van der Waals surface area contributed by atoms with E-state index in [9.17, 15) is 0 Å². The van der Waals surface area contributed by atoms with Crippen molar-refractivity contribution in [1.82, 2.24) is 10.6 Å². The van der Waals surface area contributed by atoms with Crippen LogP contribution in [0.4, 0.5) is 0 Å². The zero-order chi connectivity index (χ0) is 13.7. The number of benzene rings is 1. The molecule has 0 aliphatic carbocycles. The first kappa shape index (κ1) is 14.5. The minimum Gasteiger partial charge on any atom is -0.316 e. The molecule has 1 aromatic carbocycles. The summed E-state index contributed by atoms with van der Waals surface area (Å²) in [6, 6.07) is 8.88. The predicted octanol–water partition coefficient (Wildman–Crippen LogP) is 2.86. The van der Waals surface area contributed by atoms with Crippen molar-refractivity contribution >= 4 is 0 Å². The summed E-state index contributed by atoms with van der Waals surface area (Å²) in [5.74, 6) is 0.884. The lowest BCUT2D eigenvalue weighted by Crippen LogP contribution is -2.34. The summed E-state index contributed by atoms with van der Waals surface area (Å²) in [5.41, 5.74) is 2.99. The Kier molecular flexibility index (Phi) is 5.00. The molecule has 1 saturated heterocycles. The van der Waals surface area contributed by atoms with E-state index in [1.807, 2.05) is 0 Å². The van der Waals surface area contributed by atoms with Gasteiger partial charge < -0.3 is 10.6 Å². The van der Waals surface area contributed by atoms with Crippen molar-refractivity contribution in [1.29, 1.82) is 0 Å². The molecule has 0 spiro atoms. The molecule has 0 aromatic heterocycles. The van der Waals surface area contributed by atoms with Gasteiger partial charge >= 0.3 is 0 Å². The molecule has 1 atom stereocenters. The van der Waals surface area contributed by atoms with Crippen LogP contribution in [0, 0.1) is 12.8 Å². The monoisotopic (exact) mass is 260 g/mol.